The van der Waals surface area contributed by atoms with E-state index >= 15 is 0 Å². The van der Waals surface area contributed by atoms with Crippen LogP contribution in [0.25, 0.3) is 0 Å². The Morgan fingerprint density at radius 2 is 2.13 bits per heavy atom. The molecule has 0 aliphatic carbocycles. The topological polar surface area (TPSA) is 57.7 Å². The molecule has 1 aromatic carbocycles. The summed E-state index contributed by atoms with van der Waals surface area (Å²) in [5.41, 5.74) is 0.790. The lowest BCUT2D eigenvalue weighted by Gasteiger charge is -2.26. The first kappa shape index (κ1) is 18.1. The molecule has 1 aliphatic rings. The smallest absolute Gasteiger partial charge is 0.239 e. The van der Waals surface area contributed by atoms with Crippen molar-refractivity contribution >= 4 is 44.2 Å². The Kier molecular flexibility index (Phi) is 5.97. The highest BCUT2D eigenvalue weighted by atomic mass is 79.9. The van der Waals surface area contributed by atoms with Crippen LogP contribution in [0.1, 0.15) is 13.3 Å². The number of hydrogen-bond donors (Lipinski definition) is 0. The van der Waals surface area contributed by atoms with Gasteiger partial charge in [0.15, 0.2) is 0 Å². The number of hydrogen-bond acceptors (Lipinski definition) is 3. The Bertz CT molecular complexity index is 638. The van der Waals surface area contributed by atoms with Crippen molar-refractivity contribution in [1.29, 1.82) is 0 Å². The number of para-hydroxylation sites is 1. The highest BCUT2D eigenvalue weighted by molar-refractivity contribution is 9.10. The Labute approximate surface area is 147 Å². The Hall–Kier alpha value is -1.21. The third kappa shape index (κ3) is 4.01. The zero-order valence-electron chi connectivity index (χ0n) is 13.5. The van der Waals surface area contributed by atoms with E-state index in [0.717, 1.165) is 10.2 Å². The molecule has 23 heavy (non-hydrogen) atoms. The third-order valence-corrected chi connectivity index (χ3v) is 5.75. The number of anilines is 1. The predicted octanol–water partition coefficient (Wildman–Crippen LogP) is 2.03. The minimum absolute atomic E-state index is 0.154. The molecule has 7 heteroatoms. The average molecular weight is 401 g/mol. The van der Waals surface area contributed by atoms with Gasteiger partial charge >= 0.3 is 0 Å². The molecule has 1 fully saturated rings. The van der Waals surface area contributed by atoms with E-state index in [1.165, 1.54) is 0 Å². The lowest BCUT2D eigenvalue weighted by Crippen LogP contribution is -2.44. The van der Waals surface area contributed by atoms with Gasteiger partial charge in [0.25, 0.3) is 0 Å². The van der Waals surface area contributed by atoms with Crippen molar-refractivity contribution in [2.24, 2.45) is 5.92 Å². The molecule has 0 bridgehead atoms. The molecule has 0 N–H and O–H groups in total. The van der Waals surface area contributed by atoms with Crippen molar-refractivity contribution in [2.75, 3.05) is 30.5 Å². The van der Waals surface area contributed by atoms with Crippen LogP contribution >= 0.6 is 15.9 Å². The van der Waals surface area contributed by atoms with Crippen molar-refractivity contribution < 1.29 is 13.8 Å². The van der Waals surface area contributed by atoms with Gasteiger partial charge in [0, 0.05) is 46.9 Å². The summed E-state index contributed by atoms with van der Waals surface area (Å²) in [5.74, 6) is -0.599. The molecule has 0 aromatic heterocycles. The number of benzene rings is 1. The van der Waals surface area contributed by atoms with E-state index in [0.29, 0.717) is 18.7 Å². The highest BCUT2D eigenvalue weighted by Gasteiger charge is 2.40. The molecule has 126 valence electrons. The van der Waals surface area contributed by atoms with Crippen LogP contribution in [0, 0.1) is 5.92 Å². The number of rotatable bonds is 5. The van der Waals surface area contributed by atoms with E-state index in [4.69, 9.17) is 0 Å². The molecule has 0 saturated carbocycles. The van der Waals surface area contributed by atoms with Gasteiger partial charge in [-0.05, 0) is 41.4 Å². The van der Waals surface area contributed by atoms with Crippen LogP contribution in [-0.2, 0) is 20.4 Å². The van der Waals surface area contributed by atoms with Gasteiger partial charge in [-0.1, -0.05) is 12.1 Å². The van der Waals surface area contributed by atoms with Gasteiger partial charge < -0.3 is 9.80 Å². The maximum Gasteiger partial charge on any atom is 0.239 e. The first-order valence-corrected chi connectivity index (χ1v) is 9.97. The van der Waals surface area contributed by atoms with Crippen LogP contribution in [0.2, 0.25) is 0 Å². The van der Waals surface area contributed by atoms with Crippen LogP contribution in [0.15, 0.2) is 28.7 Å². The fourth-order valence-electron chi connectivity index (χ4n) is 2.73. The summed E-state index contributed by atoms with van der Waals surface area (Å²) >= 11 is 3.45. The van der Waals surface area contributed by atoms with Crippen LogP contribution in [0.4, 0.5) is 5.69 Å². The van der Waals surface area contributed by atoms with Gasteiger partial charge in [-0.3, -0.25) is 13.8 Å². The molecular formula is C16H21BrN2O3S. The number of amides is 2. The predicted molar refractivity (Wildman–Crippen MR) is 95.8 cm³/mol. The van der Waals surface area contributed by atoms with Gasteiger partial charge in [0.1, 0.15) is 5.92 Å². The first-order valence-electron chi connectivity index (χ1n) is 7.45. The van der Waals surface area contributed by atoms with Crippen LogP contribution < -0.4 is 4.90 Å². The second-order valence-electron chi connectivity index (χ2n) is 5.82. The molecule has 0 radical (unpaired) electrons. The molecule has 2 rings (SSSR count). The Morgan fingerprint density at radius 1 is 1.48 bits per heavy atom. The van der Waals surface area contributed by atoms with Crippen molar-refractivity contribution in [1.82, 2.24) is 4.90 Å². The quantitative estimate of drug-likeness (QED) is 0.710. The lowest BCUT2D eigenvalue weighted by molar-refractivity contribution is -0.139. The van der Waals surface area contributed by atoms with Gasteiger partial charge in [-0.15, -0.1) is 0 Å². The minimum Gasteiger partial charge on any atom is -0.341 e. The number of carbonyl (C=O) groups is 2. The second-order valence-corrected chi connectivity index (χ2v) is 8.15. The normalized spacial score (nSPS) is 20.4. The molecule has 1 aliphatic heterocycles. The number of halogens is 1. The molecule has 2 amide bonds. The monoisotopic (exact) mass is 400 g/mol. The molecule has 1 saturated heterocycles. The summed E-state index contributed by atoms with van der Waals surface area (Å²) < 4.78 is 12.2. The SMILES string of the molecule is C[C@H](C[S@](C)=O)N(C)C(=O)[C@@H]1CCN(c2ccccc2Br)C1=O. The van der Waals surface area contributed by atoms with Crippen LogP contribution in [0.3, 0.4) is 0 Å². The summed E-state index contributed by atoms with van der Waals surface area (Å²) in [4.78, 5) is 28.5. The van der Waals surface area contributed by atoms with Crippen LogP contribution in [0.5, 0.6) is 0 Å². The first-order chi connectivity index (χ1) is 10.8. The molecule has 5 nitrogen and oxygen atoms in total. The summed E-state index contributed by atoms with van der Waals surface area (Å²) in [5, 5.41) is 0. The van der Waals surface area contributed by atoms with E-state index < -0.39 is 16.7 Å². The Balaban J connectivity index is 2.11. The standard InChI is InChI=1S/C16H21BrN2O3S/c1-11(10-23(3)22)18(2)15(20)12-8-9-19(16(12)21)14-7-5-4-6-13(14)17/h4-7,11-12H,8-10H2,1-3H3/t11-,12+,23+/m1/s1. The zero-order valence-corrected chi connectivity index (χ0v) is 15.9. The van der Waals surface area contributed by atoms with Gasteiger partial charge in [-0.2, -0.15) is 0 Å². The van der Waals surface area contributed by atoms with Crippen molar-refractivity contribution in [3.63, 3.8) is 0 Å². The average Bonchev–Trinajstić information content (AvgIpc) is 2.87. The van der Waals surface area contributed by atoms with Crippen molar-refractivity contribution in [2.45, 2.75) is 19.4 Å². The van der Waals surface area contributed by atoms with Gasteiger partial charge in [0.2, 0.25) is 11.8 Å². The summed E-state index contributed by atoms with van der Waals surface area (Å²) in [6.45, 7) is 2.38. The summed E-state index contributed by atoms with van der Waals surface area (Å²) in [6.07, 6.45) is 2.12. The van der Waals surface area contributed by atoms with Gasteiger partial charge in [0.05, 0.1) is 5.69 Å². The van der Waals surface area contributed by atoms with Crippen LogP contribution in [-0.4, -0.2) is 52.6 Å². The molecule has 0 spiro atoms. The minimum atomic E-state index is -0.978. The van der Waals surface area contributed by atoms with E-state index in [9.17, 15) is 13.8 Å². The molecule has 1 heterocycles. The number of nitrogens with zero attached hydrogens (tertiary/aromatic N) is 2. The van der Waals surface area contributed by atoms with E-state index in [2.05, 4.69) is 15.9 Å². The van der Waals surface area contributed by atoms with E-state index in [-0.39, 0.29) is 17.9 Å². The second kappa shape index (κ2) is 7.57. The molecular weight excluding hydrogens is 380 g/mol. The Morgan fingerprint density at radius 3 is 2.74 bits per heavy atom. The van der Waals surface area contributed by atoms with Crippen molar-refractivity contribution in [3.05, 3.63) is 28.7 Å². The zero-order chi connectivity index (χ0) is 17.1. The maximum absolute atomic E-state index is 12.6. The molecule has 3 atom stereocenters. The molecule has 0 unspecified atom stereocenters. The fourth-order valence-corrected chi connectivity index (χ4v) is 4.14. The fraction of sp³-hybridized carbons (Fsp3) is 0.500. The maximum atomic E-state index is 12.6. The highest BCUT2D eigenvalue weighted by Crippen LogP contribution is 2.32. The molecule has 1 aromatic rings. The summed E-state index contributed by atoms with van der Waals surface area (Å²) in [7, 11) is 0.697. The lowest BCUT2D eigenvalue weighted by atomic mass is 10.1. The largest absolute Gasteiger partial charge is 0.341 e. The number of carbonyl (C=O) groups excluding carboxylic acids is 2. The van der Waals surface area contributed by atoms with Crippen molar-refractivity contribution in [3.8, 4) is 0 Å². The summed E-state index contributed by atoms with van der Waals surface area (Å²) in [6, 6.07) is 7.34. The van der Waals surface area contributed by atoms with Gasteiger partial charge in [-0.25, -0.2) is 0 Å². The third-order valence-electron chi connectivity index (χ3n) is 4.13. The van der Waals surface area contributed by atoms with E-state index in [1.807, 2.05) is 31.2 Å². The van der Waals surface area contributed by atoms with E-state index in [1.54, 1.807) is 23.1 Å².